The SMILES string of the molecule is c1ccc(-c2csc3nc(C[NH+]4CCOCC4)nc(NC4CCCCCCC4)c23)cc1. The van der Waals surface area contributed by atoms with E-state index in [4.69, 9.17) is 14.7 Å². The van der Waals surface area contributed by atoms with Gasteiger partial charge in [-0.15, -0.1) is 11.3 Å². The van der Waals surface area contributed by atoms with E-state index in [2.05, 4.69) is 41.0 Å². The molecule has 3 heterocycles. The van der Waals surface area contributed by atoms with Crippen molar-refractivity contribution < 1.29 is 9.64 Å². The molecule has 31 heavy (non-hydrogen) atoms. The van der Waals surface area contributed by atoms with Crippen LogP contribution >= 0.6 is 11.3 Å². The highest BCUT2D eigenvalue weighted by atomic mass is 32.1. The van der Waals surface area contributed by atoms with Crippen molar-refractivity contribution in [3.63, 3.8) is 0 Å². The van der Waals surface area contributed by atoms with Gasteiger partial charge in [0.15, 0.2) is 5.82 Å². The Morgan fingerprint density at radius 3 is 2.48 bits per heavy atom. The second kappa shape index (κ2) is 10.1. The first-order valence-corrected chi connectivity index (χ1v) is 12.8. The van der Waals surface area contributed by atoms with E-state index >= 15 is 0 Å². The number of benzene rings is 1. The summed E-state index contributed by atoms with van der Waals surface area (Å²) in [5, 5.41) is 7.33. The van der Waals surface area contributed by atoms with Gasteiger partial charge in [0.05, 0.1) is 18.6 Å². The molecular formula is C25H33N4OS+. The van der Waals surface area contributed by atoms with Gasteiger partial charge in [0, 0.05) is 17.0 Å². The number of hydrogen-bond acceptors (Lipinski definition) is 5. The van der Waals surface area contributed by atoms with Crippen LogP contribution in [-0.4, -0.2) is 42.3 Å². The van der Waals surface area contributed by atoms with Gasteiger partial charge < -0.3 is 15.0 Å². The molecule has 1 saturated heterocycles. The molecule has 0 amide bonds. The number of ether oxygens (including phenoxy) is 1. The van der Waals surface area contributed by atoms with Crippen LogP contribution < -0.4 is 10.2 Å². The van der Waals surface area contributed by atoms with Gasteiger partial charge in [0.1, 0.15) is 30.3 Å². The number of nitrogens with zero attached hydrogens (tertiary/aromatic N) is 2. The summed E-state index contributed by atoms with van der Waals surface area (Å²) >= 11 is 1.74. The first kappa shape index (κ1) is 20.9. The number of hydrogen-bond donors (Lipinski definition) is 2. The summed E-state index contributed by atoms with van der Waals surface area (Å²) in [6.07, 6.45) is 9.20. The van der Waals surface area contributed by atoms with Gasteiger partial charge in [-0.05, 0) is 18.4 Å². The predicted octanol–water partition coefficient (Wildman–Crippen LogP) is 4.30. The van der Waals surface area contributed by atoms with Gasteiger partial charge >= 0.3 is 0 Å². The quantitative estimate of drug-likeness (QED) is 0.625. The fourth-order valence-electron chi connectivity index (χ4n) is 4.85. The molecule has 2 aliphatic rings. The lowest BCUT2D eigenvalue weighted by molar-refractivity contribution is -0.922. The van der Waals surface area contributed by atoms with Crippen LogP contribution in [0, 0.1) is 0 Å². The van der Waals surface area contributed by atoms with Gasteiger partial charge in [-0.25, -0.2) is 9.97 Å². The van der Waals surface area contributed by atoms with Gasteiger partial charge in [0.25, 0.3) is 0 Å². The highest BCUT2D eigenvalue weighted by molar-refractivity contribution is 7.17. The van der Waals surface area contributed by atoms with Crippen LogP contribution in [0.25, 0.3) is 21.3 Å². The lowest BCUT2D eigenvalue weighted by Gasteiger charge is -2.24. The van der Waals surface area contributed by atoms with E-state index in [1.807, 2.05) is 0 Å². The molecular weight excluding hydrogens is 404 g/mol. The average molecular weight is 438 g/mol. The summed E-state index contributed by atoms with van der Waals surface area (Å²) in [7, 11) is 0. The van der Waals surface area contributed by atoms with E-state index in [1.165, 1.54) is 66.4 Å². The molecule has 6 heteroatoms. The number of rotatable bonds is 5. The van der Waals surface area contributed by atoms with Crippen LogP contribution in [0.3, 0.4) is 0 Å². The Morgan fingerprint density at radius 2 is 1.71 bits per heavy atom. The van der Waals surface area contributed by atoms with Crippen LogP contribution in [0.4, 0.5) is 5.82 Å². The van der Waals surface area contributed by atoms with Gasteiger partial charge in [-0.1, -0.05) is 62.4 Å². The van der Waals surface area contributed by atoms with Crippen molar-refractivity contribution in [1.29, 1.82) is 0 Å². The standard InChI is InChI=1S/C25H32N4OS/c1-2-7-11-20(12-8-3-1)26-24-23-21(19-9-5-4-6-10-19)18-31-25(23)28-22(27-24)17-29-13-15-30-16-14-29/h4-6,9-10,18,20H,1-3,7-8,11-17H2,(H,26,27,28)/p+1. The number of fused-ring (bicyclic) bond motifs is 1. The third-order valence-corrected chi connectivity index (χ3v) is 7.49. The number of quaternary nitrogens is 1. The minimum atomic E-state index is 0.505. The van der Waals surface area contributed by atoms with Crippen molar-refractivity contribution in [2.24, 2.45) is 0 Å². The Hall–Kier alpha value is -2.02. The molecule has 164 valence electrons. The Morgan fingerprint density at radius 1 is 0.968 bits per heavy atom. The maximum absolute atomic E-state index is 5.53. The van der Waals surface area contributed by atoms with Gasteiger partial charge in [-0.2, -0.15) is 0 Å². The third-order valence-electron chi connectivity index (χ3n) is 6.62. The molecule has 1 aliphatic carbocycles. The highest BCUT2D eigenvalue weighted by Gasteiger charge is 2.21. The molecule has 3 aromatic rings. The topological polar surface area (TPSA) is 51.5 Å². The van der Waals surface area contributed by atoms with Crippen molar-refractivity contribution in [2.45, 2.75) is 57.5 Å². The molecule has 0 atom stereocenters. The summed E-state index contributed by atoms with van der Waals surface area (Å²) in [6, 6.07) is 11.2. The van der Waals surface area contributed by atoms with Crippen LogP contribution in [0.15, 0.2) is 35.7 Å². The molecule has 5 rings (SSSR count). The largest absolute Gasteiger partial charge is 0.370 e. The Bertz CT molecular complexity index is 976. The van der Waals surface area contributed by atoms with Gasteiger partial charge in [-0.3, -0.25) is 0 Å². The van der Waals surface area contributed by atoms with Crippen molar-refractivity contribution >= 4 is 27.4 Å². The molecule has 1 aromatic carbocycles. The molecule has 0 unspecified atom stereocenters. The molecule has 2 aromatic heterocycles. The average Bonchev–Trinajstić information content (AvgIpc) is 3.21. The maximum atomic E-state index is 5.53. The van der Waals surface area contributed by atoms with E-state index in [9.17, 15) is 0 Å². The zero-order chi connectivity index (χ0) is 20.9. The summed E-state index contributed by atoms with van der Waals surface area (Å²) < 4.78 is 5.53. The van der Waals surface area contributed by atoms with Crippen molar-refractivity contribution in [3.8, 4) is 11.1 Å². The zero-order valence-corrected chi connectivity index (χ0v) is 19.1. The molecule has 0 radical (unpaired) electrons. The van der Waals surface area contributed by atoms with Crippen molar-refractivity contribution in [2.75, 3.05) is 31.6 Å². The van der Waals surface area contributed by atoms with Gasteiger partial charge in [0.2, 0.25) is 0 Å². The number of aromatic nitrogens is 2. The molecule has 2 fully saturated rings. The van der Waals surface area contributed by atoms with Crippen LogP contribution in [0.2, 0.25) is 0 Å². The molecule has 1 saturated carbocycles. The van der Waals surface area contributed by atoms with E-state index in [0.717, 1.165) is 49.3 Å². The highest BCUT2D eigenvalue weighted by Crippen LogP contribution is 2.37. The lowest BCUT2D eigenvalue weighted by atomic mass is 9.96. The van der Waals surface area contributed by atoms with E-state index in [1.54, 1.807) is 11.3 Å². The smallest absolute Gasteiger partial charge is 0.187 e. The third kappa shape index (κ3) is 5.08. The first-order valence-electron chi connectivity index (χ1n) is 11.9. The summed E-state index contributed by atoms with van der Waals surface area (Å²) in [6.45, 7) is 4.61. The van der Waals surface area contributed by atoms with Crippen molar-refractivity contribution in [3.05, 3.63) is 41.5 Å². The van der Waals surface area contributed by atoms with E-state index in [0.29, 0.717) is 6.04 Å². The fraction of sp³-hybridized carbons (Fsp3) is 0.520. The second-order valence-electron chi connectivity index (χ2n) is 8.91. The minimum Gasteiger partial charge on any atom is -0.370 e. The first-order chi connectivity index (χ1) is 15.4. The Labute approximate surface area is 188 Å². The van der Waals surface area contributed by atoms with Crippen LogP contribution in [0.1, 0.15) is 50.8 Å². The number of morpholine rings is 1. The molecule has 1 aliphatic heterocycles. The van der Waals surface area contributed by atoms with E-state index < -0.39 is 0 Å². The molecule has 5 nitrogen and oxygen atoms in total. The summed E-state index contributed by atoms with van der Waals surface area (Å²) in [4.78, 5) is 12.8. The molecule has 0 bridgehead atoms. The van der Waals surface area contributed by atoms with Crippen molar-refractivity contribution in [1.82, 2.24) is 9.97 Å². The molecule has 0 spiro atoms. The number of thiophene rings is 1. The fourth-order valence-corrected chi connectivity index (χ4v) is 5.82. The Kier molecular flexibility index (Phi) is 6.77. The lowest BCUT2D eigenvalue weighted by Crippen LogP contribution is -3.12. The van der Waals surface area contributed by atoms with E-state index in [-0.39, 0.29) is 0 Å². The predicted molar refractivity (Wildman–Crippen MR) is 128 cm³/mol. The normalized spacial score (nSPS) is 19.2. The Balaban J connectivity index is 1.50. The summed E-state index contributed by atoms with van der Waals surface area (Å²) in [5.41, 5.74) is 2.49. The summed E-state index contributed by atoms with van der Waals surface area (Å²) in [5.74, 6) is 2.00. The zero-order valence-electron chi connectivity index (χ0n) is 18.2. The molecule has 2 N–H and O–H groups in total. The minimum absolute atomic E-state index is 0.505. The number of nitrogens with one attached hydrogen (secondary N) is 2. The second-order valence-corrected chi connectivity index (χ2v) is 9.77. The van der Waals surface area contributed by atoms with Crippen LogP contribution in [-0.2, 0) is 11.3 Å². The van der Waals surface area contributed by atoms with Crippen LogP contribution in [0.5, 0.6) is 0 Å². The number of anilines is 1. The maximum Gasteiger partial charge on any atom is 0.187 e. The monoisotopic (exact) mass is 437 g/mol.